The van der Waals surface area contributed by atoms with Gasteiger partial charge in [0.2, 0.25) is 6.41 Å². The van der Waals surface area contributed by atoms with E-state index in [0.29, 0.717) is 24.3 Å². The fraction of sp³-hybridized carbons (Fsp3) is 0.357. The summed E-state index contributed by atoms with van der Waals surface area (Å²) >= 11 is 0. The Morgan fingerprint density at radius 1 is 1.06 bits per heavy atom. The number of benzene rings is 2. The van der Waals surface area contributed by atoms with Crippen molar-refractivity contribution < 1.29 is 14.0 Å². The van der Waals surface area contributed by atoms with Gasteiger partial charge < -0.3 is 20.3 Å². The minimum atomic E-state index is -0.304. The lowest BCUT2D eigenvalue weighted by Crippen LogP contribution is -2.31. The zero-order valence-electron chi connectivity index (χ0n) is 21.5. The highest BCUT2D eigenvalue weighted by Crippen LogP contribution is 2.29. The van der Waals surface area contributed by atoms with Crippen LogP contribution in [0.1, 0.15) is 51.8 Å². The Morgan fingerprint density at radius 2 is 1.78 bits per heavy atom. The number of likely N-dealkylation sites (tertiary alicyclic amines) is 1. The van der Waals surface area contributed by atoms with E-state index in [9.17, 15) is 14.0 Å². The van der Waals surface area contributed by atoms with Gasteiger partial charge >= 0.3 is 0 Å². The normalized spacial score (nSPS) is 14.9. The number of carbonyl (C=O) groups excluding carboxylic acids is 2. The maximum Gasteiger partial charge on any atom is 0.211 e. The van der Waals surface area contributed by atoms with Crippen molar-refractivity contribution in [2.75, 3.05) is 30.8 Å². The standard InChI is InChI=1S/C23H24FN5O.C3H6O.C2H6/c1-29-11-3-4-17(14-29)23-27-21(16-7-9-19(10-8-16)25-15-30)13-22(28-23)26-20-6-2-5-18(24)12-20;1-2-3-4;1-2/h2,5-10,12-13,15,17H,3-4,11,14H2,1H3,(H,25,30)(H,26,27,28);3H,2H2,1H3;1-2H3. The van der Waals surface area contributed by atoms with Gasteiger partial charge in [-0.2, -0.15) is 0 Å². The molecule has 0 radical (unpaired) electrons. The van der Waals surface area contributed by atoms with Crippen LogP contribution in [-0.4, -0.2) is 47.7 Å². The zero-order valence-corrected chi connectivity index (χ0v) is 21.5. The first-order valence-corrected chi connectivity index (χ1v) is 12.4. The van der Waals surface area contributed by atoms with Gasteiger partial charge in [-0.3, -0.25) is 4.79 Å². The molecule has 2 aromatic carbocycles. The largest absolute Gasteiger partial charge is 0.340 e. The second kappa shape index (κ2) is 15.4. The van der Waals surface area contributed by atoms with Gasteiger partial charge in [-0.05, 0) is 56.8 Å². The number of aromatic nitrogens is 2. The summed E-state index contributed by atoms with van der Waals surface area (Å²) in [6.07, 6.45) is 4.31. The second-order valence-corrected chi connectivity index (χ2v) is 8.15. The van der Waals surface area contributed by atoms with Crippen LogP contribution < -0.4 is 10.6 Å². The minimum absolute atomic E-state index is 0.243. The van der Waals surface area contributed by atoms with Crippen molar-refractivity contribution in [1.29, 1.82) is 0 Å². The van der Waals surface area contributed by atoms with Crippen LogP contribution in [0.5, 0.6) is 0 Å². The van der Waals surface area contributed by atoms with Crippen LogP contribution in [0.4, 0.5) is 21.6 Å². The molecule has 8 heteroatoms. The number of piperidine rings is 1. The molecule has 2 heterocycles. The van der Waals surface area contributed by atoms with Crippen molar-refractivity contribution in [3.63, 3.8) is 0 Å². The van der Waals surface area contributed by atoms with E-state index in [0.717, 1.165) is 55.0 Å². The molecule has 1 fully saturated rings. The molecule has 192 valence electrons. The SMILES string of the molecule is CC.CCC=O.CN1CCCC(c2nc(Nc3cccc(F)c3)cc(-c3ccc(NC=O)cc3)n2)C1. The highest BCUT2D eigenvalue weighted by Gasteiger charge is 2.22. The lowest BCUT2D eigenvalue weighted by Gasteiger charge is -2.29. The lowest BCUT2D eigenvalue weighted by atomic mass is 9.97. The molecule has 0 bridgehead atoms. The molecule has 1 amide bonds. The molecule has 1 aliphatic heterocycles. The van der Waals surface area contributed by atoms with Crippen molar-refractivity contribution in [3.8, 4) is 11.3 Å². The number of hydrogen-bond acceptors (Lipinski definition) is 6. The Balaban J connectivity index is 0.000000694. The number of amides is 1. The van der Waals surface area contributed by atoms with Gasteiger partial charge in [-0.15, -0.1) is 0 Å². The Kier molecular flexibility index (Phi) is 12.2. The average Bonchev–Trinajstić information content (AvgIpc) is 2.90. The average molecular weight is 494 g/mol. The monoisotopic (exact) mass is 493 g/mol. The summed E-state index contributed by atoms with van der Waals surface area (Å²) in [5.74, 6) is 1.35. The van der Waals surface area contributed by atoms with Crippen molar-refractivity contribution >= 4 is 29.9 Å². The van der Waals surface area contributed by atoms with Crippen LogP contribution in [0.15, 0.2) is 54.6 Å². The summed E-state index contributed by atoms with van der Waals surface area (Å²) in [4.78, 5) is 31.7. The fourth-order valence-corrected chi connectivity index (χ4v) is 3.76. The number of anilines is 3. The summed E-state index contributed by atoms with van der Waals surface area (Å²) < 4.78 is 13.6. The minimum Gasteiger partial charge on any atom is -0.340 e. The van der Waals surface area contributed by atoms with Gasteiger partial charge in [-0.1, -0.05) is 39.0 Å². The summed E-state index contributed by atoms with van der Waals surface area (Å²) in [5, 5.41) is 5.85. The van der Waals surface area contributed by atoms with Gasteiger partial charge in [0.05, 0.1) is 5.69 Å². The third-order valence-electron chi connectivity index (χ3n) is 5.40. The topological polar surface area (TPSA) is 87.2 Å². The summed E-state index contributed by atoms with van der Waals surface area (Å²) in [5.41, 5.74) is 3.05. The van der Waals surface area contributed by atoms with Gasteiger partial charge in [0, 0.05) is 41.9 Å². The molecule has 1 saturated heterocycles. The maximum atomic E-state index is 13.6. The van der Waals surface area contributed by atoms with Crippen molar-refractivity contribution in [2.45, 2.75) is 46.0 Å². The Morgan fingerprint density at radius 3 is 2.39 bits per heavy atom. The van der Waals surface area contributed by atoms with Crippen molar-refractivity contribution in [2.24, 2.45) is 0 Å². The number of hydrogen-bond donors (Lipinski definition) is 2. The molecule has 4 rings (SSSR count). The molecule has 0 aliphatic carbocycles. The van der Waals surface area contributed by atoms with E-state index >= 15 is 0 Å². The zero-order chi connectivity index (χ0) is 26.3. The van der Waals surface area contributed by atoms with E-state index in [1.807, 2.05) is 51.1 Å². The van der Waals surface area contributed by atoms with Crippen LogP contribution in [0.25, 0.3) is 11.3 Å². The molecule has 1 aromatic heterocycles. The number of carbonyl (C=O) groups is 2. The van der Waals surface area contributed by atoms with Crippen LogP contribution in [0, 0.1) is 5.82 Å². The predicted molar refractivity (Wildman–Crippen MR) is 144 cm³/mol. The maximum absolute atomic E-state index is 13.6. The predicted octanol–water partition coefficient (Wildman–Crippen LogP) is 6.03. The van der Waals surface area contributed by atoms with Gasteiger partial charge in [0.15, 0.2) is 0 Å². The van der Waals surface area contributed by atoms with Crippen LogP contribution >= 0.6 is 0 Å². The third-order valence-corrected chi connectivity index (χ3v) is 5.40. The number of aldehydes is 1. The summed E-state index contributed by atoms with van der Waals surface area (Å²) in [6.45, 7) is 7.80. The van der Waals surface area contributed by atoms with E-state index in [1.165, 1.54) is 12.1 Å². The van der Waals surface area contributed by atoms with E-state index in [-0.39, 0.29) is 11.7 Å². The number of halogens is 1. The second-order valence-electron chi connectivity index (χ2n) is 8.15. The first-order valence-electron chi connectivity index (χ1n) is 12.4. The molecular formula is C28H36FN5O2. The van der Waals surface area contributed by atoms with E-state index in [1.54, 1.807) is 12.1 Å². The van der Waals surface area contributed by atoms with E-state index < -0.39 is 0 Å². The molecule has 0 spiro atoms. The summed E-state index contributed by atoms with van der Waals surface area (Å²) in [7, 11) is 2.11. The summed E-state index contributed by atoms with van der Waals surface area (Å²) in [6, 6.07) is 15.7. The first kappa shape index (κ1) is 28.6. The van der Waals surface area contributed by atoms with Crippen molar-refractivity contribution in [1.82, 2.24) is 14.9 Å². The molecule has 1 atom stereocenters. The highest BCUT2D eigenvalue weighted by molar-refractivity contribution is 5.74. The molecule has 36 heavy (non-hydrogen) atoms. The number of nitrogens with zero attached hydrogens (tertiary/aromatic N) is 3. The molecule has 2 N–H and O–H groups in total. The molecule has 1 aliphatic rings. The number of rotatable bonds is 7. The number of nitrogens with one attached hydrogen (secondary N) is 2. The Labute approximate surface area is 213 Å². The van der Waals surface area contributed by atoms with Crippen LogP contribution in [0.2, 0.25) is 0 Å². The van der Waals surface area contributed by atoms with Gasteiger partial charge in [-0.25, -0.2) is 14.4 Å². The fourth-order valence-electron chi connectivity index (χ4n) is 3.76. The van der Waals surface area contributed by atoms with Gasteiger partial charge in [0.25, 0.3) is 0 Å². The van der Waals surface area contributed by atoms with Crippen LogP contribution in [0.3, 0.4) is 0 Å². The smallest absolute Gasteiger partial charge is 0.211 e. The van der Waals surface area contributed by atoms with E-state index in [2.05, 4.69) is 22.6 Å². The molecule has 3 aromatic rings. The first-order chi connectivity index (χ1) is 17.5. The lowest BCUT2D eigenvalue weighted by molar-refractivity contribution is -0.107. The molecule has 7 nitrogen and oxygen atoms in total. The molecular weight excluding hydrogens is 457 g/mol. The quantitative estimate of drug-likeness (QED) is 0.391. The van der Waals surface area contributed by atoms with E-state index in [4.69, 9.17) is 9.97 Å². The highest BCUT2D eigenvalue weighted by atomic mass is 19.1. The Hall–Kier alpha value is -3.65. The molecule has 1 unspecified atom stereocenters. The van der Waals surface area contributed by atoms with Gasteiger partial charge in [0.1, 0.15) is 23.7 Å². The molecule has 0 saturated carbocycles. The third kappa shape index (κ3) is 8.85. The van der Waals surface area contributed by atoms with Crippen LogP contribution in [-0.2, 0) is 9.59 Å². The van der Waals surface area contributed by atoms with Crippen molar-refractivity contribution in [3.05, 3.63) is 66.2 Å². The Bertz CT molecular complexity index is 1090. The number of likely N-dealkylation sites (N-methyl/N-ethyl adjacent to an activating group) is 1.